The summed E-state index contributed by atoms with van der Waals surface area (Å²) >= 11 is 1.76. The van der Waals surface area contributed by atoms with Crippen LogP contribution in [0.1, 0.15) is 25.8 Å². The summed E-state index contributed by atoms with van der Waals surface area (Å²) in [5, 5.41) is 3.33. The van der Waals surface area contributed by atoms with E-state index in [1.807, 2.05) is 6.92 Å². The Bertz CT molecular complexity index is 405. The molecule has 0 aromatic heterocycles. The summed E-state index contributed by atoms with van der Waals surface area (Å²) in [4.78, 5) is 12.7. The van der Waals surface area contributed by atoms with Crippen molar-refractivity contribution in [3.05, 3.63) is 29.8 Å². The van der Waals surface area contributed by atoms with E-state index in [-0.39, 0.29) is 5.91 Å². The van der Waals surface area contributed by atoms with Gasteiger partial charge in [-0.1, -0.05) is 24.6 Å². The summed E-state index contributed by atoms with van der Waals surface area (Å²) in [7, 11) is 1.77. The van der Waals surface area contributed by atoms with Gasteiger partial charge < -0.3 is 11.1 Å². The highest BCUT2D eigenvalue weighted by atomic mass is 32.2. The highest BCUT2D eigenvalue weighted by Gasteiger charge is 2.31. The van der Waals surface area contributed by atoms with Gasteiger partial charge in [0.25, 0.3) is 0 Å². The van der Waals surface area contributed by atoms with E-state index in [0.29, 0.717) is 11.7 Å². The zero-order chi connectivity index (χ0) is 13.8. The Hall–Kier alpha value is -1.00. The molecule has 0 aliphatic rings. The molecule has 100 valence electrons. The average molecular weight is 266 g/mol. The van der Waals surface area contributed by atoms with Crippen molar-refractivity contribution in [2.45, 2.75) is 42.9 Å². The normalized spacial score (nSPS) is 16.0. The summed E-state index contributed by atoms with van der Waals surface area (Å²) in [6, 6.07) is 8.41. The van der Waals surface area contributed by atoms with Crippen LogP contribution in [0.3, 0.4) is 0 Å². The molecule has 0 fully saturated rings. The van der Waals surface area contributed by atoms with Crippen molar-refractivity contribution in [2.24, 2.45) is 5.73 Å². The highest BCUT2D eigenvalue weighted by molar-refractivity contribution is 7.99. The predicted molar refractivity (Wildman–Crippen MR) is 77.8 cm³/mol. The second-order valence-corrected chi connectivity index (χ2v) is 6.40. The molecule has 0 radical (unpaired) electrons. The van der Waals surface area contributed by atoms with Crippen LogP contribution in [0.25, 0.3) is 0 Å². The number of rotatable bonds is 6. The maximum Gasteiger partial charge on any atom is 0.237 e. The fourth-order valence-corrected chi connectivity index (χ4v) is 2.97. The number of aryl methyl sites for hydroxylation is 1. The Morgan fingerprint density at radius 2 is 2.00 bits per heavy atom. The summed E-state index contributed by atoms with van der Waals surface area (Å²) in [6.45, 7) is 6.04. The molecule has 1 amide bonds. The number of carbonyl (C=O) groups is 1. The lowest BCUT2D eigenvalue weighted by Crippen LogP contribution is -2.52. The minimum atomic E-state index is -0.642. The standard InChI is InChI=1S/C14H22N2OS/c1-10-5-7-12(8-6-10)18-11(2)9-14(3,16-4)13(15)17/h5-8,11,16H,9H2,1-4H3,(H2,15,17). The van der Waals surface area contributed by atoms with E-state index in [1.54, 1.807) is 18.8 Å². The van der Waals surface area contributed by atoms with Crippen LogP contribution >= 0.6 is 11.8 Å². The van der Waals surface area contributed by atoms with E-state index in [9.17, 15) is 4.79 Å². The third kappa shape index (κ3) is 4.03. The number of carbonyl (C=O) groups excluding carboxylic acids is 1. The lowest BCUT2D eigenvalue weighted by atomic mass is 9.95. The van der Waals surface area contributed by atoms with Crippen molar-refractivity contribution in [1.82, 2.24) is 5.32 Å². The number of thioether (sulfide) groups is 1. The number of benzene rings is 1. The first kappa shape index (κ1) is 15.1. The zero-order valence-corrected chi connectivity index (χ0v) is 12.3. The van der Waals surface area contributed by atoms with Crippen LogP contribution in [0.5, 0.6) is 0 Å². The highest BCUT2D eigenvalue weighted by Crippen LogP contribution is 2.28. The van der Waals surface area contributed by atoms with Crippen LogP contribution in [0.4, 0.5) is 0 Å². The van der Waals surface area contributed by atoms with Gasteiger partial charge in [-0.25, -0.2) is 0 Å². The van der Waals surface area contributed by atoms with Gasteiger partial charge in [-0.15, -0.1) is 11.8 Å². The molecule has 2 unspecified atom stereocenters. The van der Waals surface area contributed by atoms with Gasteiger partial charge in [0.1, 0.15) is 0 Å². The summed E-state index contributed by atoms with van der Waals surface area (Å²) < 4.78 is 0. The second-order valence-electron chi connectivity index (χ2n) is 4.89. The first-order valence-corrected chi connectivity index (χ1v) is 6.97. The number of hydrogen-bond donors (Lipinski definition) is 2. The SMILES string of the molecule is CNC(C)(CC(C)Sc1ccc(C)cc1)C(N)=O. The molecule has 3 nitrogen and oxygen atoms in total. The number of nitrogens with one attached hydrogen (secondary N) is 1. The molecule has 1 aromatic carbocycles. The van der Waals surface area contributed by atoms with Crippen molar-refractivity contribution in [3.63, 3.8) is 0 Å². The van der Waals surface area contributed by atoms with Crippen molar-refractivity contribution in [1.29, 1.82) is 0 Å². The van der Waals surface area contributed by atoms with Gasteiger partial charge >= 0.3 is 0 Å². The summed E-state index contributed by atoms with van der Waals surface area (Å²) in [5.41, 5.74) is 6.04. The third-order valence-corrected chi connectivity index (χ3v) is 4.26. The molecule has 4 heteroatoms. The number of nitrogens with two attached hydrogens (primary N) is 1. The summed E-state index contributed by atoms with van der Waals surface area (Å²) in [5.74, 6) is -0.304. The number of hydrogen-bond acceptors (Lipinski definition) is 3. The molecule has 0 heterocycles. The lowest BCUT2D eigenvalue weighted by Gasteiger charge is -2.28. The van der Waals surface area contributed by atoms with E-state index in [2.05, 4.69) is 43.4 Å². The van der Waals surface area contributed by atoms with Crippen molar-refractivity contribution < 1.29 is 4.79 Å². The molecule has 0 bridgehead atoms. The fraction of sp³-hybridized carbons (Fsp3) is 0.500. The average Bonchev–Trinajstić information content (AvgIpc) is 2.31. The van der Waals surface area contributed by atoms with Gasteiger partial charge in [0.2, 0.25) is 5.91 Å². The predicted octanol–water partition coefficient (Wildman–Crippen LogP) is 2.33. The van der Waals surface area contributed by atoms with Gasteiger partial charge in [0.15, 0.2) is 0 Å². The molecule has 0 aliphatic carbocycles. The molecular formula is C14H22N2OS. The molecule has 0 spiro atoms. The Morgan fingerprint density at radius 3 is 2.44 bits per heavy atom. The maximum atomic E-state index is 11.4. The van der Waals surface area contributed by atoms with E-state index < -0.39 is 5.54 Å². The van der Waals surface area contributed by atoms with Crippen molar-refractivity contribution in [3.8, 4) is 0 Å². The molecule has 0 aliphatic heterocycles. The molecule has 1 aromatic rings. The van der Waals surface area contributed by atoms with Gasteiger partial charge in [0.05, 0.1) is 5.54 Å². The van der Waals surface area contributed by atoms with E-state index in [0.717, 1.165) is 0 Å². The van der Waals surface area contributed by atoms with Gasteiger partial charge in [-0.05, 0) is 39.4 Å². The maximum absolute atomic E-state index is 11.4. The number of amides is 1. The van der Waals surface area contributed by atoms with Crippen LogP contribution in [-0.2, 0) is 4.79 Å². The topological polar surface area (TPSA) is 55.1 Å². The van der Waals surface area contributed by atoms with E-state index in [1.165, 1.54) is 10.5 Å². The number of primary amides is 1. The van der Waals surface area contributed by atoms with Crippen molar-refractivity contribution >= 4 is 17.7 Å². The Balaban J connectivity index is 2.63. The summed E-state index contributed by atoms with van der Waals surface area (Å²) in [6.07, 6.45) is 0.706. The minimum Gasteiger partial charge on any atom is -0.368 e. The fourth-order valence-electron chi connectivity index (χ4n) is 1.79. The molecular weight excluding hydrogens is 244 g/mol. The second kappa shape index (κ2) is 6.25. The van der Waals surface area contributed by atoms with E-state index >= 15 is 0 Å². The van der Waals surface area contributed by atoms with E-state index in [4.69, 9.17) is 5.73 Å². The first-order valence-electron chi connectivity index (χ1n) is 6.09. The Kier molecular flexibility index (Phi) is 5.23. The molecule has 0 saturated carbocycles. The first-order chi connectivity index (χ1) is 8.37. The van der Waals surface area contributed by atoms with Gasteiger partial charge in [-0.2, -0.15) is 0 Å². The molecule has 1 rings (SSSR count). The molecule has 3 N–H and O–H groups in total. The van der Waals surface area contributed by atoms with Crippen LogP contribution in [0, 0.1) is 6.92 Å². The third-order valence-electron chi connectivity index (χ3n) is 3.15. The lowest BCUT2D eigenvalue weighted by molar-refractivity contribution is -0.123. The van der Waals surface area contributed by atoms with Crippen molar-refractivity contribution in [2.75, 3.05) is 7.05 Å². The largest absolute Gasteiger partial charge is 0.368 e. The minimum absolute atomic E-state index is 0.304. The molecule has 0 saturated heterocycles. The molecule has 2 atom stereocenters. The van der Waals surface area contributed by atoms with Crippen LogP contribution < -0.4 is 11.1 Å². The van der Waals surface area contributed by atoms with Crippen LogP contribution in [0.2, 0.25) is 0 Å². The van der Waals surface area contributed by atoms with Gasteiger partial charge in [0, 0.05) is 10.1 Å². The van der Waals surface area contributed by atoms with Gasteiger partial charge in [-0.3, -0.25) is 4.79 Å². The Morgan fingerprint density at radius 1 is 1.44 bits per heavy atom. The van der Waals surface area contributed by atoms with Crippen LogP contribution in [0.15, 0.2) is 29.2 Å². The smallest absolute Gasteiger partial charge is 0.237 e. The quantitative estimate of drug-likeness (QED) is 0.777. The number of likely N-dealkylation sites (N-methyl/N-ethyl adjacent to an activating group) is 1. The van der Waals surface area contributed by atoms with Crippen LogP contribution in [-0.4, -0.2) is 23.7 Å². The zero-order valence-electron chi connectivity index (χ0n) is 11.5. The Labute approximate surface area is 114 Å². The monoisotopic (exact) mass is 266 g/mol. The molecule has 18 heavy (non-hydrogen) atoms.